The first-order chi connectivity index (χ1) is 23.6. The second-order valence-corrected chi connectivity index (χ2v) is 11.3. The minimum absolute atomic E-state index is 0.319. The summed E-state index contributed by atoms with van der Waals surface area (Å²) < 4.78 is 67.0. The Bertz CT molecular complexity index is 2040. The molecule has 0 amide bonds. The van der Waals surface area contributed by atoms with Gasteiger partial charge in [0.2, 0.25) is 0 Å². The maximum Gasteiger partial charge on any atom is 0.323 e. The van der Waals surface area contributed by atoms with E-state index in [1.165, 1.54) is 11.6 Å². The number of anilines is 1. The molecule has 49 heavy (non-hydrogen) atoms. The molecule has 13 heteroatoms. The van der Waals surface area contributed by atoms with Gasteiger partial charge in [0.1, 0.15) is 41.8 Å². The van der Waals surface area contributed by atoms with Crippen LogP contribution in [0.4, 0.5) is 23.4 Å². The van der Waals surface area contributed by atoms with Crippen LogP contribution in [0.5, 0.6) is 5.75 Å². The van der Waals surface area contributed by atoms with Crippen molar-refractivity contribution >= 4 is 5.82 Å². The van der Waals surface area contributed by atoms with Crippen LogP contribution in [-0.4, -0.2) is 42.3 Å². The Kier molecular flexibility index (Phi) is 9.41. The third-order valence-electron chi connectivity index (χ3n) is 7.81. The molecular formula is C36H29F4N7O2. The van der Waals surface area contributed by atoms with Gasteiger partial charge in [-0.2, -0.15) is 8.78 Å². The molecule has 248 valence electrons. The molecule has 0 spiro atoms. The smallest absolute Gasteiger partial charge is 0.323 e. The van der Waals surface area contributed by atoms with Crippen molar-refractivity contribution in [2.45, 2.75) is 31.2 Å². The summed E-state index contributed by atoms with van der Waals surface area (Å²) in [5.41, 5.74) is -1.78. The predicted molar refractivity (Wildman–Crippen MR) is 172 cm³/mol. The number of rotatable bonds is 11. The van der Waals surface area contributed by atoms with Gasteiger partial charge in [0, 0.05) is 48.7 Å². The van der Waals surface area contributed by atoms with E-state index in [4.69, 9.17) is 4.74 Å². The SMILES string of the molecule is CN(Cc1ccc(COc2ccc(C#Cc3ccc(C(F)(F)C(O)(Cn4cnnn4)c4ccc(F)cc4F)nc3)cc2)cc1)c1ccc[nH]1. The van der Waals surface area contributed by atoms with E-state index in [0.717, 1.165) is 53.3 Å². The third-order valence-corrected chi connectivity index (χ3v) is 7.81. The van der Waals surface area contributed by atoms with Gasteiger partial charge in [0.15, 0.2) is 5.60 Å². The second kappa shape index (κ2) is 14.0. The van der Waals surface area contributed by atoms with Gasteiger partial charge in [-0.3, -0.25) is 4.98 Å². The minimum Gasteiger partial charge on any atom is -0.489 e. The number of benzene rings is 3. The fraction of sp³-hybridized carbons (Fsp3) is 0.167. The molecule has 6 aromatic rings. The fourth-order valence-electron chi connectivity index (χ4n) is 5.13. The Morgan fingerprint density at radius 2 is 1.65 bits per heavy atom. The number of aromatic amines is 1. The molecule has 1 atom stereocenters. The average molecular weight is 668 g/mol. The topological polar surface area (TPSA) is 105 Å². The molecule has 0 aliphatic heterocycles. The van der Waals surface area contributed by atoms with Crippen molar-refractivity contribution in [2.75, 3.05) is 11.9 Å². The number of pyridine rings is 1. The lowest BCUT2D eigenvalue weighted by Crippen LogP contribution is -2.48. The Morgan fingerprint density at radius 1 is 0.918 bits per heavy atom. The zero-order chi connectivity index (χ0) is 34.4. The summed E-state index contributed by atoms with van der Waals surface area (Å²) in [7, 11) is 2.02. The molecule has 2 N–H and O–H groups in total. The van der Waals surface area contributed by atoms with Crippen LogP contribution in [0.3, 0.4) is 0 Å². The van der Waals surface area contributed by atoms with Gasteiger partial charge < -0.3 is 19.7 Å². The molecule has 0 fully saturated rings. The quantitative estimate of drug-likeness (QED) is 0.130. The first kappa shape index (κ1) is 32.9. The number of hydrogen-bond donors (Lipinski definition) is 2. The first-order valence-corrected chi connectivity index (χ1v) is 15.0. The number of nitrogens with zero attached hydrogens (tertiary/aromatic N) is 6. The van der Waals surface area contributed by atoms with E-state index in [0.29, 0.717) is 29.5 Å². The first-order valence-electron chi connectivity index (χ1n) is 15.0. The molecule has 3 aromatic carbocycles. The van der Waals surface area contributed by atoms with Crippen LogP contribution in [0.2, 0.25) is 0 Å². The van der Waals surface area contributed by atoms with Crippen molar-refractivity contribution in [2.24, 2.45) is 0 Å². The summed E-state index contributed by atoms with van der Waals surface area (Å²) >= 11 is 0. The number of hydrogen-bond acceptors (Lipinski definition) is 7. The Labute approximate surface area is 278 Å². The van der Waals surface area contributed by atoms with E-state index in [1.54, 1.807) is 24.3 Å². The van der Waals surface area contributed by atoms with Crippen LogP contribution in [0.15, 0.2) is 110 Å². The highest BCUT2D eigenvalue weighted by Crippen LogP contribution is 2.46. The number of halogens is 4. The van der Waals surface area contributed by atoms with Gasteiger partial charge in [0.25, 0.3) is 0 Å². The molecule has 9 nitrogen and oxygen atoms in total. The number of nitrogens with one attached hydrogen (secondary N) is 1. The van der Waals surface area contributed by atoms with Crippen LogP contribution < -0.4 is 9.64 Å². The number of ether oxygens (including phenoxy) is 1. The van der Waals surface area contributed by atoms with E-state index in [-0.39, 0.29) is 0 Å². The lowest BCUT2D eigenvalue weighted by molar-refractivity contribution is -0.207. The van der Waals surface area contributed by atoms with Gasteiger partial charge in [-0.1, -0.05) is 36.1 Å². The Morgan fingerprint density at radius 3 is 2.31 bits per heavy atom. The summed E-state index contributed by atoms with van der Waals surface area (Å²) in [5, 5.41) is 21.6. The normalized spacial score (nSPS) is 12.5. The van der Waals surface area contributed by atoms with E-state index in [1.807, 2.05) is 37.5 Å². The lowest BCUT2D eigenvalue weighted by atomic mass is 9.84. The van der Waals surface area contributed by atoms with Gasteiger partial charge in [-0.05, 0) is 82.2 Å². The van der Waals surface area contributed by atoms with Gasteiger partial charge in [0.05, 0.1) is 6.54 Å². The molecule has 0 saturated heterocycles. The molecule has 0 aliphatic rings. The highest BCUT2D eigenvalue weighted by Gasteiger charge is 2.58. The molecule has 0 radical (unpaired) electrons. The molecule has 6 rings (SSSR count). The average Bonchev–Trinajstić information content (AvgIpc) is 3.83. The monoisotopic (exact) mass is 667 g/mol. The summed E-state index contributed by atoms with van der Waals surface area (Å²) in [6.45, 7) is 0.207. The second-order valence-electron chi connectivity index (χ2n) is 11.3. The largest absolute Gasteiger partial charge is 0.489 e. The predicted octanol–water partition coefficient (Wildman–Crippen LogP) is 5.97. The summed E-state index contributed by atoms with van der Waals surface area (Å²) in [4.78, 5) is 9.15. The molecular weight excluding hydrogens is 638 g/mol. The van der Waals surface area contributed by atoms with Gasteiger partial charge in [-0.25, -0.2) is 13.5 Å². The van der Waals surface area contributed by atoms with Crippen molar-refractivity contribution in [3.8, 4) is 17.6 Å². The molecule has 3 heterocycles. The maximum absolute atomic E-state index is 16.0. The molecule has 1 unspecified atom stereocenters. The Balaban J connectivity index is 1.09. The van der Waals surface area contributed by atoms with E-state index >= 15 is 8.78 Å². The van der Waals surface area contributed by atoms with Crippen LogP contribution >= 0.6 is 0 Å². The zero-order valence-electron chi connectivity index (χ0n) is 26.1. The van der Waals surface area contributed by atoms with E-state index < -0.39 is 41.0 Å². The van der Waals surface area contributed by atoms with Crippen molar-refractivity contribution in [1.82, 2.24) is 30.2 Å². The van der Waals surface area contributed by atoms with Crippen molar-refractivity contribution < 1.29 is 27.4 Å². The summed E-state index contributed by atoms with van der Waals surface area (Å²) in [6.07, 6.45) is 4.00. The highest BCUT2D eigenvalue weighted by molar-refractivity contribution is 5.44. The molecule has 0 aliphatic carbocycles. The molecule has 0 bridgehead atoms. The van der Waals surface area contributed by atoms with Crippen molar-refractivity contribution in [1.29, 1.82) is 0 Å². The minimum atomic E-state index is -4.17. The fourth-order valence-corrected chi connectivity index (χ4v) is 5.13. The number of aliphatic hydroxyl groups is 1. The lowest BCUT2D eigenvalue weighted by Gasteiger charge is -2.35. The van der Waals surface area contributed by atoms with Crippen LogP contribution in [-0.2, 0) is 31.2 Å². The number of H-pyrrole nitrogens is 1. The molecule has 0 saturated carbocycles. The number of aromatic nitrogens is 6. The van der Waals surface area contributed by atoms with Crippen molar-refractivity contribution in [3.63, 3.8) is 0 Å². The van der Waals surface area contributed by atoms with E-state index in [2.05, 4.69) is 54.4 Å². The van der Waals surface area contributed by atoms with E-state index in [9.17, 15) is 13.9 Å². The molecule has 3 aromatic heterocycles. The van der Waals surface area contributed by atoms with Crippen LogP contribution in [0.1, 0.15) is 33.5 Å². The highest BCUT2D eigenvalue weighted by atomic mass is 19.3. The standard InChI is InChI=1S/C36H29F4N7O2/c1-46(34-3-2-18-41-34)21-27-6-8-28(9-7-27)22-49-30-14-10-25(11-15-30)4-5-26-12-17-33(42-20-26)36(39,40)35(48,23-47-24-43-44-45-47)31-16-13-29(37)19-32(31)38/h2-3,6-20,24,41,48H,21-23H2,1H3. The zero-order valence-corrected chi connectivity index (χ0v) is 26.1. The summed E-state index contributed by atoms with van der Waals surface area (Å²) in [6, 6.07) is 23.5. The third kappa shape index (κ3) is 7.45. The Hall–Kier alpha value is -6.00. The maximum atomic E-state index is 16.0. The van der Waals surface area contributed by atoms with Crippen LogP contribution in [0.25, 0.3) is 0 Å². The van der Waals surface area contributed by atoms with Gasteiger partial charge >= 0.3 is 5.92 Å². The summed E-state index contributed by atoms with van der Waals surface area (Å²) in [5.74, 6) is 0.992. The number of alkyl halides is 2. The van der Waals surface area contributed by atoms with Crippen LogP contribution in [0, 0.1) is 23.5 Å². The number of tetrazole rings is 1. The van der Waals surface area contributed by atoms with Gasteiger partial charge in [-0.15, -0.1) is 5.10 Å². The van der Waals surface area contributed by atoms with Crippen molar-refractivity contribution in [3.05, 3.63) is 155 Å².